The molecule has 1 atom stereocenters. The summed E-state index contributed by atoms with van der Waals surface area (Å²) in [5, 5.41) is 11.6. The molecule has 0 aliphatic heterocycles. The minimum absolute atomic E-state index is 0.0879. The number of nitrogens with one attached hydrogen (secondary N) is 2. The Balaban J connectivity index is 2.10. The highest BCUT2D eigenvalue weighted by atomic mass is 16.5. The zero-order valence-electron chi connectivity index (χ0n) is 12.9. The highest BCUT2D eigenvalue weighted by Gasteiger charge is 2.19. The van der Waals surface area contributed by atoms with Gasteiger partial charge in [-0.15, -0.1) is 0 Å². The topological polar surface area (TPSA) is 78.4 Å². The molecule has 1 unspecified atom stereocenters. The lowest BCUT2D eigenvalue weighted by Gasteiger charge is -2.16. The van der Waals surface area contributed by atoms with Crippen LogP contribution >= 0.6 is 0 Å². The lowest BCUT2D eigenvalue weighted by Crippen LogP contribution is -2.28. The van der Waals surface area contributed by atoms with Crippen molar-refractivity contribution in [1.29, 1.82) is 0 Å². The van der Waals surface area contributed by atoms with Gasteiger partial charge in [0.25, 0.3) is 5.91 Å². The number of hydroxylamine groups is 1. The first kappa shape index (κ1) is 16.0. The molecular formula is C17H20N2O3. The molecule has 2 rings (SSSR count). The molecule has 5 heteroatoms. The fourth-order valence-corrected chi connectivity index (χ4v) is 2.57. The fraction of sp³-hybridized carbons (Fsp3) is 0.294. The van der Waals surface area contributed by atoms with Crippen LogP contribution in [0.4, 0.5) is 0 Å². The number of amides is 2. The molecule has 5 nitrogen and oxygen atoms in total. The van der Waals surface area contributed by atoms with Crippen molar-refractivity contribution < 1.29 is 14.8 Å². The maximum Gasteiger partial charge on any atom is 0.274 e. The Labute approximate surface area is 129 Å². The van der Waals surface area contributed by atoms with Gasteiger partial charge in [-0.2, -0.15) is 0 Å². The second-order valence-electron chi connectivity index (χ2n) is 5.59. The molecule has 116 valence electrons. The highest BCUT2D eigenvalue weighted by molar-refractivity contribution is 5.96. The van der Waals surface area contributed by atoms with Crippen molar-refractivity contribution in [2.45, 2.75) is 33.2 Å². The monoisotopic (exact) mass is 300 g/mol. The van der Waals surface area contributed by atoms with Gasteiger partial charge in [-0.1, -0.05) is 23.8 Å². The van der Waals surface area contributed by atoms with Crippen LogP contribution in [0.3, 0.4) is 0 Å². The quantitative estimate of drug-likeness (QED) is 0.591. The van der Waals surface area contributed by atoms with Gasteiger partial charge in [0.05, 0.1) is 6.04 Å². The van der Waals surface area contributed by atoms with Gasteiger partial charge < -0.3 is 5.32 Å². The van der Waals surface area contributed by atoms with Gasteiger partial charge in [-0.25, -0.2) is 5.48 Å². The van der Waals surface area contributed by atoms with E-state index in [2.05, 4.69) is 5.32 Å². The molecule has 22 heavy (non-hydrogen) atoms. The maximum absolute atomic E-state index is 12.3. The Morgan fingerprint density at radius 1 is 1.23 bits per heavy atom. The van der Waals surface area contributed by atoms with E-state index in [1.807, 2.05) is 32.9 Å². The van der Waals surface area contributed by atoms with Gasteiger partial charge >= 0.3 is 0 Å². The normalized spacial score (nSPS) is 15.4. The van der Waals surface area contributed by atoms with Crippen LogP contribution in [0.15, 0.2) is 47.1 Å². The van der Waals surface area contributed by atoms with Crippen LogP contribution < -0.4 is 10.8 Å². The Kier molecular flexibility index (Phi) is 4.78. The third kappa shape index (κ3) is 3.43. The molecule has 1 aromatic carbocycles. The average molecular weight is 300 g/mol. The molecule has 1 aliphatic rings. The van der Waals surface area contributed by atoms with Crippen molar-refractivity contribution in [3.63, 3.8) is 0 Å². The zero-order chi connectivity index (χ0) is 16.3. The predicted octanol–water partition coefficient (Wildman–Crippen LogP) is 2.65. The van der Waals surface area contributed by atoms with E-state index in [0.717, 1.165) is 16.7 Å². The number of hydrogen-bond donors (Lipinski definition) is 3. The molecule has 0 bridgehead atoms. The minimum Gasteiger partial charge on any atom is -0.346 e. The van der Waals surface area contributed by atoms with Gasteiger partial charge in [0.1, 0.15) is 0 Å². The van der Waals surface area contributed by atoms with Crippen molar-refractivity contribution >= 4 is 11.8 Å². The molecule has 0 heterocycles. The van der Waals surface area contributed by atoms with Gasteiger partial charge in [0, 0.05) is 11.1 Å². The summed E-state index contributed by atoms with van der Waals surface area (Å²) < 4.78 is 0. The Hall–Kier alpha value is -2.40. The summed E-state index contributed by atoms with van der Waals surface area (Å²) in [6.07, 6.45) is 2.70. The number of allylic oxidation sites excluding steroid dienone is 3. The van der Waals surface area contributed by atoms with E-state index in [0.29, 0.717) is 12.0 Å². The van der Waals surface area contributed by atoms with E-state index in [1.54, 1.807) is 23.7 Å². The second kappa shape index (κ2) is 6.58. The lowest BCUT2D eigenvalue weighted by molar-refractivity contribution is -0.118. The van der Waals surface area contributed by atoms with Crippen LogP contribution in [0.1, 0.15) is 49.2 Å². The molecule has 0 saturated heterocycles. The Bertz CT molecular complexity index is 674. The van der Waals surface area contributed by atoms with Gasteiger partial charge in [-0.3, -0.25) is 14.8 Å². The smallest absolute Gasteiger partial charge is 0.274 e. The van der Waals surface area contributed by atoms with E-state index in [-0.39, 0.29) is 11.9 Å². The van der Waals surface area contributed by atoms with Crippen molar-refractivity contribution in [2.24, 2.45) is 0 Å². The number of carbonyl (C=O) groups excluding carboxylic acids is 2. The number of hydrogen-bond acceptors (Lipinski definition) is 3. The second-order valence-corrected chi connectivity index (χ2v) is 5.59. The third-order valence-corrected chi connectivity index (χ3v) is 3.77. The van der Waals surface area contributed by atoms with Crippen LogP contribution in [-0.4, -0.2) is 17.0 Å². The molecular weight excluding hydrogens is 280 g/mol. The highest BCUT2D eigenvalue weighted by Crippen LogP contribution is 2.25. The van der Waals surface area contributed by atoms with E-state index in [4.69, 9.17) is 5.21 Å². The zero-order valence-corrected chi connectivity index (χ0v) is 12.9. The van der Waals surface area contributed by atoms with E-state index >= 15 is 0 Å². The van der Waals surface area contributed by atoms with E-state index in [1.165, 1.54) is 5.57 Å². The first-order valence-corrected chi connectivity index (χ1v) is 7.14. The molecule has 0 aromatic heterocycles. The number of rotatable bonds is 4. The fourth-order valence-electron chi connectivity index (χ4n) is 2.57. The molecule has 0 radical (unpaired) electrons. The Morgan fingerprint density at radius 3 is 2.55 bits per heavy atom. The summed E-state index contributed by atoms with van der Waals surface area (Å²) in [6.45, 7) is 5.80. The molecule has 0 fully saturated rings. The summed E-state index contributed by atoms with van der Waals surface area (Å²) in [5.74, 6) is -0.662. The summed E-state index contributed by atoms with van der Waals surface area (Å²) >= 11 is 0. The van der Waals surface area contributed by atoms with Crippen LogP contribution in [0.2, 0.25) is 0 Å². The van der Waals surface area contributed by atoms with Crippen LogP contribution in [0.25, 0.3) is 0 Å². The van der Waals surface area contributed by atoms with Crippen LogP contribution in [0.5, 0.6) is 0 Å². The van der Waals surface area contributed by atoms with Gasteiger partial charge in [-0.05, 0) is 50.5 Å². The van der Waals surface area contributed by atoms with E-state index < -0.39 is 5.91 Å². The van der Waals surface area contributed by atoms with Crippen molar-refractivity contribution in [2.75, 3.05) is 0 Å². The number of carbonyl (C=O) groups is 2. The Morgan fingerprint density at radius 2 is 1.95 bits per heavy atom. The largest absolute Gasteiger partial charge is 0.346 e. The predicted molar refractivity (Wildman–Crippen MR) is 83.3 cm³/mol. The average Bonchev–Trinajstić information content (AvgIpc) is 2.85. The molecule has 1 aliphatic carbocycles. The minimum atomic E-state index is -0.574. The standard InChI is InChI=1S/C17H20N2O3/c1-10-7-11(2)15(8-10)17(21)18-12(3)13-5-4-6-14(9-13)16(20)19-22/h4-7,9,12,22H,8H2,1-3H3,(H,18,21)(H,19,20). The van der Waals surface area contributed by atoms with Crippen molar-refractivity contribution in [3.8, 4) is 0 Å². The van der Waals surface area contributed by atoms with Crippen molar-refractivity contribution in [3.05, 3.63) is 58.2 Å². The first-order chi connectivity index (χ1) is 10.4. The first-order valence-electron chi connectivity index (χ1n) is 7.14. The van der Waals surface area contributed by atoms with Crippen LogP contribution in [0, 0.1) is 0 Å². The summed E-state index contributed by atoms with van der Waals surface area (Å²) in [4.78, 5) is 23.8. The summed E-state index contributed by atoms with van der Waals surface area (Å²) in [5.41, 5.74) is 5.71. The summed E-state index contributed by atoms with van der Waals surface area (Å²) in [6, 6.07) is 6.56. The van der Waals surface area contributed by atoms with Gasteiger partial charge in [0.2, 0.25) is 5.91 Å². The van der Waals surface area contributed by atoms with Crippen LogP contribution in [-0.2, 0) is 4.79 Å². The van der Waals surface area contributed by atoms with E-state index in [9.17, 15) is 9.59 Å². The summed E-state index contributed by atoms with van der Waals surface area (Å²) in [7, 11) is 0. The lowest BCUT2D eigenvalue weighted by atomic mass is 10.0. The molecule has 3 N–H and O–H groups in total. The molecule has 1 aromatic rings. The number of benzene rings is 1. The van der Waals surface area contributed by atoms with Gasteiger partial charge in [0.15, 0.2) is 0 Å². The maximum atomic E-state index is 12.3. The SMILES string of the molecule is CC1=CC(C)=C(C(=O)NC(C)c2cccc(C(=O)NO)c2)C1. The molecule has 0 spiro atoms. The molecule has 0 saturated carbocycles. The molecule has 2 amide bonds. The third-order valence-electron chi connectivity index (χ3n) is 3.77. The van der Waals surface area contributed by atoms with Crippen molar-refractivity contribution in [1.82, 2.24) is 10.8 Å².